The fraction of sp³-hybridized carbons (Fsp3) is 0.259. The Kier molecular flexibility index (Phi) is 7.01. The van der Waals surface area contributed by atoms with E-state index >= 15 is 0 Å². The van der Waals surface area contributed by atoms with Crippen LogP contribution in [0.2, 0.25) is 0 Å². The number of amides is 2. The van der Waals surface area contributed by atoms with E-state index in [4.69, 9.17) is 14.2 Å². The van der Waals surface area contributed by atoms with E-state index in [2.05, 4.69) is 5.32 Å². The van der Waals surface area contributed by atoms with E-state index in [1.54, 1.807) is 31.3 Å². The van der Waals surface area contributed by atoms with E-state index in [1.807, 2.05) is 61.5 Å². The summed E-state index contributed by atoms with van der Waals surface area (Å²) in [6.45, 7) is 2.83. The lowest BCUT2D eigenvalue weighted by Gasteiger charge is -2.28. The molecule has 4 rings (SSSR count). The van der Waals surface area contributed by atoms with Gasteiger partial charge in [0.1, 0.15) is 5.75 Å². The molecule has 0 saturated carbocycles. The van der Waals surface area contributed by atoms with Crippen LogP contribution in [0.15, 0.2) is 66.7 Å². The number of ether oxygens (including phenoxy) is 3. The number of carbonyl (C=O) groups excluding carboxylic acids is 2. The number of nitrogens with one attached hydrogen (secondary N) is 1. The number of carbonyl (C=O) groups is 2. The first-order chi connectivity index (χ1) is 16.5. The van der Waals surface area contributed by atoms with Gasteiger partial charge in [0, 0.05) is 12.1 Å². The van der Waals surface area contributed by atoms with Crippen LogP contribution in [0.3, 0.4) is 0 Å². The van der Waals surface area contributed by atoms with Crippen molar-refractivity contribution >= 4 is 17.5 Å². The summed E-state index contributed by atoms with van der Waals surface area (Å²) < 4.78 is 16.5. The summed E-state index contributed by atoms with van der Waals surface area (Å²) in [5.41, 5.74) is 2.97. The number of hydrogen-bond acceptors (Lipinski definition) is 5. The highest BCUT2D eigenvalue weighted by atomic mass is 16.5. The van der Waals surface area contributed by atoms with Crippen LogP contribution in [0, 0.1) is 0 Å². The van der Waals surface area contributed by atoms with Crippen molar-refractivity contribution in [3.8, 4) is 17.2 Å². The van der Waals surface area contributed by atoms with Crippen molar-refractivity contribution in [2.24, 2.45) is 0 Å². The Bertz CT molecular complexity index is 1190. The van der Waals surface area contributed by atoms with Crippen LogP contribution < -0.4 is 19.5 Å². The summed E-state index contributed by atoms with van der Waals surface area (Å²) in [4.78, 5) is 28.2. The predicted octanol–water partition coefficient (Wildman–Crippen LogP) is 4.83. The molecule has 1 atom stereocenters. The van der Waals surface area contributed by atoms with E-state index in [0.29, 0.717) is 41.7 Å². The van der Waals surface area contributed by atoms with Crippen molar-refractivity contribution in [1.29, 1.82) is 0 Å². The molecule has 3 aromatic rings. The number of rotatable bonds is 9. The predicted molar refractivity (Wildman–Crippen MR) is 129 cm³/mol. The molecular weight excluding hydrogens is 432 g/mol. The normalized spacial score (nSPS) is 13.3. The Morgan fingerprint density at radius 2 is 1.71 bits per heavy atom. The van der Waals surface area contributed by atoms with Gasteiger partial charge < -0.3 is 24.4 Å². The van der Waals surface area contributed by atoms with E-state index in [0.717, 1.165) is 11.1 Å². The zero-order valence-corrected chi connectivity index (χ0v) is 19.5. The second-order valence-corrected chi connectivity index (χ2v) is 7.90. The first kappa shape index (κ1) is 23.2. The van der Waals surface area contributed by atoms with Gasteiger partial charge in [0.05, 0.1) is 39.0 Å². The third-order valence-corrected chi connectivity index (χ3v) is 5.86. The molecule has 0 aliphatic carbocycles. The average Bonchev–Trinajstić information content (AvgIpc) is 3.19. The van der Waals surface area contributed by atoms with Gasteiger partial charge in [-0.15, -0.1) is 0 Å². The fourth-order valence-electron chi connectivity index (χ4n) is 4.23. The molecular formula is C27H28N2O5. The molecule has 3 aromatic carbocycles. The zero-order valence-electron chi connectivity index (χ0n) is 19.5. The van der Waals surface area contributed by atoms with Crippen molar-refractivity contribution in [3.05, 3.63) is 83.4 Å². The summed E-state index contributed by atoms with van der Waals surface area (Å²) in [6.07, 6.45) is 0.0644. The second kappa shape index (κ2) is 10.3. The summed E-state index contributed by atoms with van der Waals surface area (Å²) in [7, 11) is 3.13. The van der Waals surface area contributed by atoms with Gasteiger partial charge in [0.15, 0.2) is 11.5 Å². The van der Waals surface area contributed by atoms with Crippen LogP contribution >= 0.6 is 0 Å². The molecule has 0 fully saturated rings. The first-order valence-electron chi connectivity index (χ1n) is 11.2. The van der Waals surface area contributed by atoms with Gasteiger partial charge in [-0.1, -0.05) is 36.4 Å². The number of hydrogen-bond donors (Lipinski definition) is 1. The molecule has 1 aliphatic heterocycles. The van der Waals surface area contributed by atoms with Crippen LogP contribution in [0.5, 0.6) is 17.2 Å². The summed E-state index contributed by atoms with van der Waals surface area (Å²) in [5.74, 6) is 1.41. The highest BCUT2D eigenvalue weighted by Gasteiger charge is 2.35. The SMILES string of the molecule is CCOc1ccc([C@@H](CC(=O)Nc2ccccc2OC)N2Cc3ccccc3C2=O)cc1OC. The highest BCUT2D eigenvalue weighted by Crippen LogP contribution is 2.38. The largest absolute Gasteiger partial charge is 0.495 e. The smallest absolute Gasteiger partial charge is 0.255 e. The first-order valence-corrected chi connectivity index (χ1v) is 11.2. The minimum Gasteiger partial charge on any atom is -0.495 e. The standard InChI is InChI=1S/C27H28N2O5/c1-4-34-24-14-13-18(15-25(24)33-3)22(29-17-19-9-5-6-10-20(19)27(29)31)16-26(30)28-21-11-7-8-12-23(21)32-2/h5-15,22H,4,16-17H2,1-3H3,(H,28,30)/t22-/m1/s1. The Morgan fingerprint density at radius 3 is 2.44 bits per heavy atom. The Morgan fingerprint density at radius 1 is 0.971 bits per heavy atom. The van der Waals surface area contributed by atoms with Gasteiger partial charge in [-0.2, -0.15) is 0 Å². The Labute approximate surface area is 199 Å². The molecule has 176 valence electrons. The van der Waals surface area contributed by atoms with Crippen LogP contribution in [0.4, 0.5) is 5.69 Å². The maximum atomic E-state index is 13.3. The Balaban J connectivity index is 1.66. The maximum Gasteiger partial charge on any atom is 0.255 e. The van der Waals surface area contributed by atoms with Gasteiger partial charge in [0.2, 0.25) is 5.91 Å². The lowest BCUT2D eigenvalue weighted by Crippen LogP contribution is -2.32. The summed E-state index contributed by atoms with van der Waals surface area (Å²) in [6, 6.07) is 19.8. The summed E-state index contributed by atoms with van der Waals surface area (Å²) >= 11 is 0. The number of anilines is 1. The van der Waals surface area contributed by atoms with E-state index in [1.165, 1.54) is 0 Å². The van der Waals surface area contributed by atoms with Gasteiger partial charge in [-0.05, 0) is 48.4 Å². The van der Waals surface area contributed by atoms with Gasteiger partial charge in [0.25, 0.3) is 5.91 Å². The quantitative estimate of drug-likeness (QED) is 0.495. The molecule has 0 saturated heterocycles. The molecule has 2 amide bonds. The molecule has 7 nitrogen and oxygen atoms in total. The lowest BCUT2D eigenvalue weighted by atomic mass is 10.0. The van der Waals surface area contributed by atoms with Crippen LogP contribution in [-0.2, 0) is 11.3 Å². The van der Waals surface area contributed by atoms with Crippen molar-refractivity contribution in [3.63, 3.8) is 0 Å². The highest BCUT2D eigenvalue weighted by molar-refractivity contribution is 5.99. The van der Waals surface area contributed by atoms with Crippen molar-refractivity contribution < 1.29 is 23.8 Å². The number of benzene rings is 3. The molecule has 1 N–H and O–H groups in total. The second-order valence-electron chi connectivity index (χ2n) is 7.90. The molecule has 0 bridgehead atoms. The van der Waals surface area contributed by atoms with E-state index in [-0.39, 0.29) is 18.2 Å². The van der Waals surface area contributed by atoms with Crippen LogP contribution in [-0.4, -0.2) is 37.5 Å². The fourth-order valence-corrected chi connectivity index (χ4v) is 4.23. The van der Waals surface area contributed by atoms with Gasteiger partial charge in [-0.3, -0.25) is 9.59 Å². The lowest BCUT2D eigenvalue weighted by molar-refractivity contribution is -0.117. The molecule has 0 radical (unpaired) electrons. The van der Waals surface area contributed by atoms with Crippen molar-refractivity contribution in [1.82, 2.24) is 4.90 Å². The number of para-hydroxylation sites is 2. The molecule has 0 aromatic heterocycles. The Hall–Kier alpha value is -4.00. The number of nitrogens with zero attached hydrogens (tertiary/aromatic N) is 1. The van der Waals surface area contributed by atoms with E-state index < -0.39 is 6.04 Å². The molecule has 1 heterocycles. The van der Waals surface area contributed by atoms with Crippen molar-refractivity contribution in [2.75, 3.05) is 26.1 Å². The minimum atomic E-state index is -0.501. The summed E-state index contributed by atoms with van der Waals surface area (Å²) in [5, 5.41) is 2.92. The third-order valence-electron chi connectivity index (χ3n) is 5.86. The molecule has 1 aliphatic rings. The van der Waals surface area contributed by atoms with E-state index in [9.17, 15) is 9.59 Å². The minimum absolute atomic E-state index is 0.0644. The number of methoxy groups -OCH3 is 2. The van der Waals surface area contributed by atoms with Gasteiger partial charge >= 0.3 is 0 Å². The van der Waals surface area contributed by atoms with Crippen LogP contribution in [0.1, 0.15) is 40.9 Å². The maximum absolute atomic E-state index is 13.3. The van der Waals surface area contributed by atoms with Gasteiger partial charge in [-0.25, -0.2) is 0 Å². The molecule has 0 unspecified atom stereocenters. The third kappa shape index (κ3) is 4.69. The molecule has 7 heteroatoms. The zero-order chi connectivity index (χ0) is 24.1. The topological polar surface area (TPSA) is 77.1 Å². The average molecular weight is 461 g/mol. The molecule has 34 heavy (non-hydrogen) atoms. The monoisotopic (exact) mass is 460 g/mol. The van der Waals surface area contributed by atoms with Crippen molar-refractivity contribution in [2.45, 2.75) is 25.9 Å². The van der Waals surface area contributed by atoms with Crippen LogP contribution in [0.25, 0.3) is 0 Å². The molecule has 0 spiro atoms. The number of fused-ring (bicyclic) bond motifs is 1.